The summed E-state index contributed by atoms with van der Waals surface area (Å²) in [7, 11) is 0. The SMILES string of the molecule is O=C(OCC(O)CO)c1cccnc1Nc1cc(Cl)cc(Cl)c1[N+](=O)[O-]. The van der Waals surface area contributed by atoms with Crippen LogP contribution >= 0.6 is 23.2 Å². The van der Waals surface area contributed by atoms with Crippen molar-refractivity contribution >= 4 is 46.4 Å². The number of nitrogens with one attached hydrogen (secondary N) is 1. The first-order valence-corrected chi connectivity index (χ1v) is 7.90. The number of rotatable bonds is 7. The monoisotopic (exact) mass is 401 g/mol. The molecule has 138 valence electrons. The summed E-state index contributed by atoms with van der Waals surface area (Å²) in [6, 6.07) is 5.33. The van der Waals surface area contributed by atoms with Crippen LogP contribution in [-0.4, -0.2) is 45.4 Å². The van der Waals surface area contributed by atoms with Gasteiger partial charge in [-0.2, -0.15) is 0 Å². The van der Waals surface area contributed by atoms with Crippen LogP contribution in [0.25, 0.3) is 0 Å². The number of nitro benzene ring substituents is 1. The second kappa shape index (κ2) is 8.77. The number of aliphatic hydroxyl groups excluding tert-OH is 2. The third kappa shape index (κ3) is 4.79. The molecule has 26 heavy (non-hydrogen) atoms. The molecule has 1 aromatic carbocycles. The molecule has 1 unspecified atom stereocenters. The Kier molecular flexibility index (Phi) is 6.70. The number of esters is 1. The Hall–Kier alpha value is -2.46. The van der Waals surface area contributed by atoms with Gasteiger partial charge in [0.1, 0.15) is 34.8 Å². The number of nitro groups is 1. The van der Waals surface area contributed by atoms with Crippen molar-refractivity contribution in [3.63, 3.8) is 0 Å². The minimum absolute atomic E-state index is 0.0302. The van der Waals surface area contributed by atoms with Crippen LogP contribution in [0, 0.1) is 10.1 Å². The standard InChI is InChI=1S/C15H13Cl2N3O6/c16-8-4-11(17)13(20(24)25)12(5-8)19-14-10(2-1-3-18-14)15(23)26-7-9(22)6-21/h1-5,9,21-22H,6-7H2,(H,18,19). The molecule has 0 spiro atoms. The zero-order valence-corrected chi connectivity index (χ0v) is 14.6. The molecule has 1 atom stereocenters. The smallest absolute Gasteiger partial charge is 0.342 e. The van der Waals surface area contributed by atoms with Crippen molar-refractivity contribution in [2.45, 2.75) is 6.10 Å². The Labute approximate surface area is 157 Å². The molecular weight excluding hydrogens is 389 g/mol. The first-order valence-electron chi connectivity index (χ1n) is 7.15. The van der Waals surface area contributed by atoms with Crippen LogP contribution in [0.2, 0.25) is 10.0 Å². The van der Waals surface area contributed by atoms with Crippen molar-refractivity contribution in [3.8, 4) is 0 Å². The molecule has 0 aliphatic heterocycles. The molecule has 0 aliphatic carbocycles. The Morgan fingerprint density at radius 2 is 2.15 bits per heavy atom. The first kappa shape index (κ1) is 19.9. The number of aromatic nitrogens is 1. The van der Waals surface area contributed by atoms with Crippen LogP contribution in [0.5, 0.6) is 0 Å². The predicted molar refractivity (Wildman–Crippen MR) is 94.0 cm³/mol. The van der Waals surface area contributed by atoms with Crippen molar-refractivity contribution < 1.29 is 24.7 Å². The summed E-state index contributed by atoms with van der Waals surface area (Å²) >= 11 is 11.8. The summed E-state index contributed by atoms with van der Waals surface area (Å²) in [5.74, 6) is -0.874. The van der Waals surface area contributed by atoms with Gasteiger partial charge in [0, 0.05) is 11.2 Å². The number of ether oxygens (including phenoxy) is 1. The lowest BCUT2D eigenvalue weighted by Crippen LogP contribution is -2.22. The maximum atomic E-state index is 12.1. The normalized spacial score (nSPS) is 11.7. The van der Waals surface area contributed by atoms with E-state index in [1.807, 2.05) is 0 Å². The van der Waals surface area contributed by atoms with Gasteiger partial charge in [-0.25, -0.2) is 9.78 Å². The van der Waals surface area contributed by atoms with E-state index in [9.17, 15) is 20.0 Å². The van der Waals surface area contributed by atoms with Gasteiger partial charge in [-0.3, -0.25) is 10.1 Å². The van der Waals surface area contributed by atoms with Gasteiger partial charge in [-0.1, -0.05) is 23.2 Å². The average molecular weight is 402 g/mol. The summed E-state index contributed by atoms with van der Waals surface area (Å²) in [6.45, 7) is -0.995. The fraction of sp³-hybridized carbons (Fsp3) is 0.200. The Bertz CT molecular complexity index is 833. The molecule has 2 aromatic rings. The number of hydrogen-bond acceptors (Lipinski definition) is 8. The Balaban J connectivity index is 2.34. The van der Waals surface area contributed by atoms with E-state index in [2.05, 4.69) is 10.3 Å². The van der Waals surface area contributed by atoms with Crippen LogP contribution in [0.15, 0.2) is 30.5 Å². The van der Waals surface area contributed by atoms with Crippen molar-refractivity contribution in [1.29, 1.82) is 0 Å². The lowest BCUT2D eigenvalue weighted by atomic mass is 10.2. The maximum absolute atomic E-state index is 12.1. The number of pyridine rings is 1. The topological polar surface area (TPSA) is 135 Å². The summed E-state index contributed by atoms with van der Waals surface area (Å²) < 4.78 is 4.87. The molecule has 0 amide bonds. The van der Waals surface area contributed by atoms with E-state index in [1.54, 1.807) is 0 Å². The highest BCUT2D eigenvalue weighted by Gasteiger charge is 2.23. The van der Waals surface area contributed by atoms with Crippen LogP contribution < -0.4 is 5.32 Å². The number of hydrogen-bond donors (Lipinski definition) is 3. The van der Waals surface area contributed by atoms with E-state index in [0.29, 0.717) is 0 Å². The highest BCUT2D eigenvalue weighted by molar-refractivity contribution is 6.36. The number of anilines is 2. The largest absolute Gasteiger partial charge is 0.459 e. The van der Waals surface area contributed by atoms with Gasteiger partial charge < -0.3 is 20.3 Å². The van der Waals surface area contributed by atoms with E-state index in [0.717, 1.165) is 0 Å². The molecule has 0 fully saturated rings. The van der Waals surface area contributed by atoms with Crippen molar-refractivity contribution in [2.75, 3.05) is 18.5 Å². The minimum Gasteiger partial charge on any atom is -0.459 e. The van der Waals surface area contributed by atoms with Crippen molar-refractivity contribution in [2.24, 2.45) is 0 Å². The van der Waals surface area contributed by atoms with Crippen LogP contribution in [0.4, 0.5) is 17.2 Å². The number of aliphatic hydroxyl groups is 2. The highest BCUT2D eigenvalue weighted by Crippen LogP contribution is 2.37. The van der Waals surface area contributed by atoms with Gasteiger partial charge >= 0.3 is 11.7 Å². The van der Waals surface area contributed by atoms with Gasteiger partial charge in [0.2, 0.25) is 0 Å². The summed E-state index contributed by atoms with van der Waals surface area (Å²) in [5.41, 5.74) is -0.532. The Morgan fingerprint density at radius 3 is 2.81 bits per heavy atom. The fourth-order valence-electron chi connectivity index (χ4n) is 1.95. The molecule has 0 saturated heterocycles. The molecule has 1 heterocycles. The van der Waals surface area contributed by atoms with E-state index < -0.39 is 35.9 Å². The van der Waals surface area contributed by atoms with Crippen LogP contribution in [-0.2, 0) is 4.74 Å². The van der Waals surface area contributed by atoms with Gasteiger partial charge in [-0.15, -0.1) is 0 Å². The fourth-order valence-corrected chi connectivity index (χ4v) is 2.51. The lowest BCUT2D eigenvalue weighted by Gasteiger charge is -2.13. The van der Waals surface area contributed by atoms with E-state index >= 15 is 0 Å². The zero-order valence-electron chi connectivity index (χ0n) is 13.1. The molecule has 3 N–H and O–H groups in total. The third-order valence-corrected chi connectivity index (χ3v) is 3.62. The van der Waals surface area contributed by atoms with Gasteiger partial charge in [0.15, 0.2) is 0 Å². The van der Waals surface area contributed by atoms with Crippen LogP contribution in [0.3, 0.4) is 0 Å². The van der Waals surface area contributed by atoms with Crippen LogP contribution in [0.1, 0.15) is 10.4 Å². The molecule has 0 aliphatic rings. The molecule has 2 rings (SSSR count). The summed E-state index contributed by atoms with van der Waals surface area (Å²) in [4.78, 5) is 26.7. The second-order valence-electron chi connectivity index (χ2n) is 5.00. The number of nitrogens with zero attached hydrogens (tertiary/aromatic N) is 2. The minimum atomic E-state index is -1.22. The predicted octanol–water partition coefficient (Wildman–Crippen LogP) is 2.55. The number of carbonyl (C=O) groups is 1. The molecule has 0 saturated carbocycles. The maximum Gasteiger partial charge on any atom is 0.342 e. The first-order chi connectivity index (χ1) is 12.3. The molecule has 11 heteroatoms. The van der Waals surface area contributed by atoms with Gasteiger partial charge in [0.05, 0.1) is 11.5 Å². The number of benzene rings is 1. The lowest BCUT2D eigenvalue weighted by molar-refractivity contribution is -0.383. The van der Waals surface area contributed by atoms with Gasteiger partial charge in [-0.05, 0) is 24.3 Å². The van der Waals surface area contributed by atoms with Crippen molar-refractivity contribution in [3.05, 3.63) is 56.2 Å². The van der Waals surface area contributed by atoms with E-state index in [1.165, 1.54) is 30.5 Å². The molecule has 1 aromatic heterocycles. The summed E-state index contributed by atoms with van der Waals surface area (Å²) in [6.07, 6.45) is 0.138. The highest BCUT2D eigenvalue weighted by atomic mass is 35.5. The Morgan fingerprint density at radius 1 is 1.42 bits per heavy atom. The molecule has 9 nitrogen and oxygen atoms in total. The van der Waals surface area contributed by atoms with Crippen molar-refractivity contribution in [1.82, 2.24) is 4.98 Å². The van der Waals surface area contributed by atoms with E-state index in [-0.39, 0.29) is 27.1 Å². The number of halogens is 2. The second-order valence-corrected chi connectivity index (χ2v) is 5.84. The molecular formula is C15H13Cl2N3O6. The van der Waals surface area contributed by atoms with E-state index in [4.69, 9.17) is 33.0 Å². The molecule has 0 bridgehead atoms. The number of carbonyl (C=O) groups excluding carboxylic acids is 1. The average Bonchev–Trinajstić information content (AvgIpc) is 2.58. The van der Waals surface area contributed by atoms with Gasteiger partial charge in [0.25, 0.3) is 0 Å². The quantitative estimate of drug-likeness (QED) is 0.365. The zero-order chi connectivity index (χ0) is 19.3. The summed E-state index contributed by atoms with van der Waals surface area (Å²) in [5, 5.41) is 31.9. The molecule has 0 radical (unpaired) electrons. The third-order valence-electron chi connectivity index (χ3n) is 3.11.